The van der Waals surface area contributed by atoms with Gasteiger partial charge in [-0.1, -0.05) is 0 Å². The average molecular weight is 186 g/mol. The van der Waals surface area contributed by atoms with E-state index in [4.69, 9.17) is 5.73 Å². The van der Waals surface area contributed by atoms with Gasteiger partial charge in [0.1, 0.15) is 0 Å². The van der Waals surface area contributed by atoms with Gasteiger partial charge in [-0.05, 0) is 5.56 Å². The summed E-state index contributed by atoms with van der Waals surface area (Å²) in [7, 11) is 0. The molecule has 0 radical (unpaired) electrons. The van der Waals surface area contributed by atoms with Gasteiger partial charge in [0.2, 0.25) is 0 Å². The molecule has 1 heterocycles. The molecule has 0 aliphatic carbocycles. The number of aldehydes is 1. The van der Waals surface area contributed by atoms with Gasteiger partial charge >= 0.3 is 0 Å². The van der Waals surface area contributed by atoms with Gasteiger partial charge in [0.25, 0.3) is 6.43 Å². The number of alkyl halides is 2. The number of aromatic nitrogens is 1. The lowest BCUT2D eigenvalue weighted by Crippen LogP contribution is -2.05. The number of carbonyl (C=O) groups excluding carboxylic acids is 1. The first-order chi connectivity index (χ1) is 6.20. The zero-order chi connectivity index (χ0) is 9.84. The molecule has 0 spiro atoms. The number of halogens is 2. The van der Waals surface area contributed by atoms with Crippen molar-refractivity contribution < 1.29 is 13.6 Å². The van der Waals surface area contributed by atoms with Gasteiger partial charge in [0, 0.05) is 30.1 Å². The maximum absolute atomic E-state index is 12.3. The molecular formula is C8H8F2N2O. The van der Waals surface area contributed by atoms with Gasteiger partial charge in [0.05, 0.1) is 0 Å². The Balaban J connectivity index is 3.27. The van der Waals surface area contributed by atoms with Crippen LogP contribution >= 0.6 is 0 Å². The van der Waals surface area contributed by atoms with Crippen LogP contribution in [0.2, 0.25) is 0 Å². The molecule has 1 aromatic heterocycles. The number of hydrogen-bond donors (Lipinski definition) is 1. The van der Waals surface area contributed by atoms with Gasteiger partial charge in [-0.15, -0.1) is 0 Å². The second-order valence-electron chi connectivity index (χ2n) is 2.42. The Kier molecular flexibility index (Phi) is 3.02. The van der Waals surface area contributed by atoms with Crippen molar-refractivity contribution in [3.63, 3.8) is 0 Å². The largest absolute Gasteiger partial charge is 0.326 e. The van der Waals surface area contributed by atoms with E-state index in [0.717, 1.165) is 6.20 Å². The summed E-state index contributed by atoms with van der Waals surface area (Å²) < 4.78 is 24.6. The standard InChI is InChI=1S/C8H8F2N2O/c9-8(10)6-3-12-2-5(1-11)7(6)4-13/h2-4,8H,1,11H2. The second-order valence-corrected chi connectivity index (χ2v) is 2.42. The van der Waals surface area contributed by atoms with E-state index in [0.29, 0.717) is 11.8 Å². The zero-order valence-corrected chi connectivity index (χ0v) is 6.71. The third-order valence-corrected chi connectivity index (χ3v) is 1.67. The topological polar surface area (TPSA) is 56.0 Å². The summed E-state index contributed by atoms with van der Waals surface area (Å²) in [5, 5.41) is 0. The Morgan fingerprint density at radius 3 is 2.69 bits per heavy atom. The highest BCUT2D eigenvalue weighted by Gasteiger charge is 2.15. The molecule has 0 aliphatic rings. The monoisotopic (exact) mass is 186 g/mol. The lowest BCUT2D eigenvalue weighted by molar-refractivity contribution is 0.110. The molecule has 3 nitrogen and oxygen atoms in total. The van der Waals surface area contributed by atoms with Gasteiger partial charge in [-0.2, -0.15) is 0 Å². The first-order valence-corrected chi connectivity index (χ1v) is 3.61. The first kappa shape index (κ1) is 9.73. The maximum Gasteiger partial charge on any atom is 0.266 e. The highest BCUT2D eigenvalue weighted by Crippen LogP contribution is 2.22. The molecule has 0 unspecified atom stereocenters. The Morgan fingerprint density at radius 1 is 1.54 bits per heavy atom. The van der Waals surface area contributed by atoms with Crippen molar-refractivity contribution in [2.75, 3.05) is 0 Å². The minimum Gasteiger partial charge on any atom is -0.326 e. The Bertz CT molecular complexity index is 315. The quantitative estimate of drug-likeness (QED) is 0.723. The van der Waals surface area contributed by atoms with Crippen molar-refractivity contribution in [1.82, 2.24) is 4.98 Å². The summed E-state index contributed by atoms with van der Waals surface area (Å²) in [6.07, 6.45) is -0.0200. The van der Waals surface area contributed by atoms with Crippen LogP contribution in [0.3, 0.4) is 0 Å². The SMILES string of the molecule is NCc1cncc(C(F)F)c1C=O. The molecule has 1 rings (SSSR count). The lowest BCUT2D eigenvalue weighted by Gasteiger charge is -2.06. The van der Waals surface area contributed by atoms with E-state index in [9.17, 15) is 13.6 Å². The molecule has 2 N–H and O–H groups in total. The van der Waals surface area contributed by atoms with Crippen LogP contribution in [0.4, 0.5) is 8.78 Å². The molecule has 0 bridgehead atoms. The fraction of sp³-hybridized carbons (Fsp3) is 0.250. The molecular weight excluding hydrogens is 178 g/mol. The van der Waals surface area contributed by atoms with Gasteiger partial charge in [-0.25, -0.2) is 8.78 Å². The van der Waals surface area contributed by atoms with Gasteiger partial charge in [0.15, 0.2) is 6.29 Å². The number of carbonyl (C=O) groups is 1. The molecule has 0 amide bonds. The second kappa shape index (κ2) is 4.04. The van der Waals surface area contributed by atoms with Gasteiger partial charge in [-0.3, -0.25) is 9.78 Å². The van der Waals surface area contributed by atoms with E-state index in [-0.39, 0.29) is 17.7 Å². The maximum atomic E-state index is 12.3. The van der Waals surface area contributed by atoms with Crippen LogP contribution in [0.15, 0.2) is 12.4 Å². The van der Waals surface area contributed by atoms with Crippen LogP contribution in [-0.2, 0) is 6.54 Å². The van der Waals surface area contributed by atoms with Crippen molar-refractivity contribution in [3.05, 3.63) is 29.1 Å². The molecule has 0 fully saturated rings. The van der Waals surface area contributed by atoms with E-state index >= 15 is 0 Å². The van der Waals surface area contributed by atoms with Crippen molar-refractivity contribution in [1.29, 1.82) is 0 Å². The van der Waals surface area contributed by atoms with Crippen molar-refractivity contribution >= 4 is 6.29 Å². The van der Waals surface area contributed by atoms with Crippen LogP contribution in [-0.4, -0.2) is 11.3 Å². The third kappa shape index (κ3) is 1.86. The van der Waals surface area contributed by atoms with Crippen LogP contribution < -0.4 is 5.73 Å². The number of hydrogen-bond acceptors (Lipinski definition) is 3. The molecule has 5 heteroatoms. The fourth-order valence-corrected chi connectivity index (χ4v) is 1.01. The number of pyridine rings is 1. The summed E-state index contributed by atoms with van der Waals surface area (Å²) in [6, 6.07) is 0. The van der Waals surface area contributed by atoms with E-state index in [1.807, 2.05) is 0 Å². The van der Waals surface area contributed by atoms with Crippen LogP contribution in [0.5, 0.6) is 0 Å². The summed E-state index contributed by atoms with van der Waals surface area (Å²) >= 11 is 0. The molecule has 0 aromatic carbocycles. The summed E-state index contributed by atoms with van der Waals surface area (Å²) in [6.45, 7) is 0.0294. The smallest absolute Gasteiger partial charge is 0.266 e. The van der Waals surface area contributed by atoms with Crippen molar-refractivity contribution in [3.8, 4) is 0 Å². The minimum absolute atomic E-state index is 0.0294. The number of nitrogens with two attached hydrogens (primary N) is 1. The predicted octanol–water partition coefficient (Wildman–Crippen LogP) is 1.29. The van der Waals surface area contributed by atoms with Gasteiger partial charge < -0.3 is 5.73 Å². The molecule has 0 saturated heterocycles. The Labute approximate surface area is 73.6 Å². The fourth-order valence-electron chi connectivity index (χ4n) is 1.01. The van der Waals surface area contributed by atoms with Crippen molar-refractivity contribution in [2.24, 2.45) is 5.73 Å². The Hall–Kier alpha value is -1.36. The summed E-state index contributed by atoms with van der Waals surface area (Å²) in [5.74, 6) is 0. The summed E-state index contributed by atoms with van der Waals surface area (Å²) in [4.78, 5) is 14.1. The van der Waals surface area contributed by atoms with E-state index in [1.165, 1.54) is 6.20 Å². The highest BCUT2D eigenvalue weighted by molar-refractivity contribution is 5.79. The Morgan fingerprint density at radius 2 is 2.23 bits per heavy atom. The van der Waals surface area contributed by atoms with E-state index in [1.54, 1.807) is 0 Å². The van der Waals surface area contributed by atoms with Crippen LogP contribution in [0.1, 0.15) is 27.9 Å². The third-order valence-electron chi connectivity index (χ3n) is 1.67. The van der Waals surface area contributed by atoms with Crippen LogP contribution in [0.25, 0.3) is 0 Å². The predicted molar refractivity (Wildman–Crippen MR) is 42.5 cm³/mol. The van der Waals surface area contributed by atoms with Crippen molar-refractivity contribution in [2.45, 2.75) is 13.0 Å². The number of nitrogens with zero attached hydrogens (tertiary/aromatic N) is 1. The molecule has 13 heavy (non-hydrogen) atoms. The lowest BCUT2D eigenvalue weighted by atomic mass is 10.1. The average Bonchev–Trinajstić information content (AvgIpc) is 2.16. The van der Waals surface area contributed by atoms with E-state index in [2.05, 4.69) is 4.98 Å². The molecule has 1 aromatic rings. The normalized spacial score (nSPS) is 10.5. The first-order valence-electron chi connectivity index (χ1n) is 3.61. The van der Waals surface area contributed by atoms with E-state index < -0.39 is 6.43 Å². The van der Waals surface area contributed by atoms with Crippen LogP contribution in [0, 0.1) is 0 Å². The molecule has 0 saturated carbocycles. The zero-order valence-electron chi connectivity index (χ0n) is 6.71. The molecule has 70 valence electrons. The summed E-state index contributed by atoms with van der Waals surface area (Å²) in [5.41, 5.74) is 5.18. The molecule has 0 atom stereocenters. The minimum atomic E-state index is -2.70. The highest BCUT2D eigenvalue weighted by atomic mass is 19.3. The molecule has 0 aliphatic heterocycles. The number of rotatable bonds is 3.